The predicted molar refractivity (Wildman–Crippen MR) is 106 cm³/mol. The van der Waals surface area contributed by atoms with Crippen LogP contribution in [0.15, 0.2) is 42.2 Å². The first-order valence-electron chi connectivity index (χ1n) is 9.19. The fourth-order valence-corrected chi connectivity index (χ4v) is 4.14. The van der Waals surface area contributed by atoms with Crippen LogP contribution in [0.3, 0.4) is 0 Å². The molecule has 0 aliphatic carbocycles. The Morgan fingerprint density at radius 2 is 2.04 bits per heavy atom. The summed E-state index contributed by atoms with van der Waals surface area (Å²) in [4.78, 5) is 24.5. The van der Waals surface area contributed by atoms with Crippen molar-refractivity contribution in [1.29, 1.82) is 0 Å². The summed E-state index contributed by atoms with van der Waals surface area (Å²) in [6.07, 6.45) is 6.56. The predicted octanol–water partition coefficient (Wildman–Crippen LogP) is 4.20. The first-order valence-corrected chi connectivity index (χ1v) is 10.1. The minimum Gasteiger partial charge on any atom is -0.298 e. The Kier molecular flexibility index (Phi) is 5.09. The molecule has 0 saturated carbocycles. The van der Waals surface area contributed by atoms with Crippen molar-refractivity contribution in [3.8, 4) is 10.4 Å². The number of thiazole rings is 1. The molecule has 1 aliphatic heterocycles. The lowest BCUT2D eigenvalue weighted by Gasteiger charge is -2.29. The molecule has 0 atom stereocenters. The van der Waals surface area contributed by atoms with Crippen LogP contribution in [0.5, 0.6) is 0 Å². The summed E-state index contributed by atoms with van der Waals surface area (Å²) >= 11 is 1.63. The van der Waals surface area contributed by atoms with E-state index in [0.29, 0.717) is 13.0 Å². The zero-order valence-corrected chi connectivity index (χ0v) is 15.8. The molecule has 4 nitrogen and oxygen atoms in total. The van der Waals surface area contributed by atoms with E-state index in [1.165, 1.54) is 12.8 Å². The Bertz CT molecular complexity index is 899. The Morgan fingerprint density at radius 3 is 2.81 bits per heavy atom. The van der Waals surface area contributed by atoms with Gasteiger partial charge in [0, 0.05) is 23.5 Å². The molecule has 3 heterocycles. The Hall–Kier alpha value is -2.11. The molecule has 2 aromatic heterocycles. The monoisotopic (exact) mass is 365 g/mol. The minimum atomic E-state index is 0.255. The summed E-state index contributed by atoms with van der Waals surface area (Å²) in [5.74, 6) is 1.04. The number of rotatable bonds is 5. The second kappa shape index (κ2) is 7.64. The summed E-state index contributed by atoms with van der Waals surface area (Å²) in [6, 6.07) is 8.39. The van der Waals surface area contributed by atoms with E-state index in [9.17, 15) is 4.79 Å². The van der Waals surface area contributed by atoms with Gasteiger partial charge in [0.1, 0.15) is 0 Å². The van der Waals surface area contributed by atoms with Gasteiger partial charge >= 0.3 is 0 Å². The normalized spacial score (nSPS) is 16.2. The highest BCUT2D eigenvalue weighted by Gasteiger charge is 2.18. The van der Waals surface area contributed by atoms with Gasteiger partial charge in [-0.25, -0.2) is 0 Å². The number of piperidine rings is 1. The number of carbonyl (C=O) groups excluding carboxylic acids is 1. The number of likely N-dealkylation sites (tertiary alicyclic amines) is 1. The standard InChI is InChI=1S/C21H23N3OS/c1-15-4-6-24(7-5-15)13-20(25)10-19-9-18-8-16(21-12-22-14-26-21)2-3-17(18)11-23-19/h2-3,8-9,11-12,14-15H,4-7,10,13H2,1H3. The van der Waals surface area contributed by atoms with Crippen molar-refractivity contribution in [3.63, 3.8) is 0 Å². The highest BCUT2D eigenvalue weighted by atomic mass is 32.1. The number of carbonyl (C=O) groups is 1. The van der Waals surface area contributed by atoms with Crippen molar-refractivity contribution in [2.45, 2.75) is 26.2 Å². The summed E-state index contributed by atoms with van der Waals surface area (Å²) in [6.45, 7) is 4.92. The lowest BCUT2D eigenvalue weighted by Crippen LogP contribution is -2.37. The maximum absolute atomic E-state index is 12.5. The summed E-state index contributed by atoms with van der Waals surface area (Å²) in [5.41, 5.74) is 3.86. The Labute approximate surface area is 157 Å². The smallest absolute Gasteiger partial charge is 0.152 e. The van der Waals surface area contributed by atoms with Gasteiger partial charge in [-0.3, -0.25) is 19.7 Å². The van der Waals surface area contributed by atoms with Gasteiger partial charge in [0.05, 0.1) is 23.4 Å². The molecule has 26 heavy (non-hydrogen) atoms. The van der Waals surface area contributed by atoms with Crippen molar-refractivity contribution in [3.05, 3.63) is 47.9 Å². The van der Waals surface area contributed by atoms with Gasteiger partial charge in [-0.1, -0.05) is 19.1 Å². The maximum Gasteiger partial charge on any atom is 0.152 e. The number of ketones is 1. The molecule has 0 amide bonds. The molecule has 5 heteroatoms. The molecule has 0 unspecified atom stereocenters. The lowest BCUT2D eigenvalue weighted by atomic mass is 9.99. The highest BCUT2D eigenvalue weighted by molar-refractivity contribution is 7.13. The maximum atomic E-state index is 12.5. The second-order valence-electron chi connectivity index (χ2n) is 7.28. The number of hydrogen-bond donors (Lipinski definition) is 0. The molecular weight excluding hydrogens is 342 g/mol. The van der Waals surface area contributed by atoms with Crippen LogP contribution in [0.25, 0.3) is 21.2 Å². The van der Waals surface area contributed by atoms with Gasteiger partial charge in [0.15, 0.2) is 5.78 Å². The SMILES string of the molecule is CC1CCN(CC(=O)Cc2cc3cc(-c4cncs4)ccc3cn2)CC1. The van der Waals surface area contributed by atoms with Crippen LogP contribution in [0, 0.1) is 5.92 Å². The third-order valence-corrected chi connectivity index (χ3v) is 5.97. The number of benzene rings is 1. The molecule has 0 N–H and O–H groups in total. The molecular formula is C21H23N3OS. The third kappa shape index (κ3) is 4.00. The molecule has 0 spiro atoms. The molecule has 1 saturated heterocycles. The van der Waals surface area contributed by atoms with Crippen molar-refractivity contribution in [2.24, 2.45) is 5.92 Å². The Balaban J connectivity index is 1.47. The quantitative estimate of drug-likeness (QED) is 0.680. The molecule has 1 fully saturated rings. The van der Waals surface area contributed by atoms with Crippen LogP contribution < -0.4 is 0 Å². The van der Waals surface area contributed by atoms with Gasteiger partial charge < -0.3 is 0 Å². The zero-order chi connectivity index (χ0) is 17.9. The molecule has 1 aromatic carbocycles. The number of hydrogen-bond acceptors (Lipinski definition) is 5. The topological polar surface area (TPSA) is 46.1 Å². The first-order chi connectivity index (χ1) is 12.7. The van der Waals surface area contributed by atoms with E-state index in [4.69, 9.17) is 0 Å². The van der Waals surface area contributed by atoms with Crippen LogP contribution in [0.1, 0.15) is 25.5 Å². The second-order valence-corrected chi connectivity index (χ2v) is 8.16. The average molecular weight is 366 g/mol. The molecule has 4 rings (SSSR count). The lowest BCUT2D eigenvalue weighted by molar-refractivity contribution is -0.119. The Morgan fingerprint density at radius 1 is 1.19 bits per heavy atom. The van der Waals surface area contributed by atoms with Crippen molar-refractivity contribution in [2.75, 3.05) is 19.6 Å². The summed E-state index contributed by atoms with van der Waals surface area (Å²) < 4.78 is 0. The van der Waals surface area contributed by atoms with E-state index >= 15 is 0 Å². The van der Waals surface area contributed by atoms with Crippen LogP contribution in [0.2, 0.25) is 0 Å². The number of nitrogens with zero attached hydrogens (tertiary/aromatic N) is 3. The zero-order valence-electron chi connectivity index (χ0n) is 15.0. The average Bonchev–Trinajstić information content (AvgIpc) is 3.18. The summed E-state index contributed by atoms with van der Waals surface area (Å²) in [5, 5.41) is 2.22. The van der Waals surface area contributed by atoms with Gasteiger partial charge in [0.2, 0.25) is 0 Å². The number of fused-ring (bicyclic) bond motifs is 1. The van der Waals surface area contributed by atoms with Crippen LogP contribution in [-0.2, 0) is 11.2 Å². The molecule has 1 aliphatic rings. The van der Waals surface area contributed by atoms with E-state index in [1.807, 2.05) is 17.9 Å². The van der Waals surface area contributed by atoms with Gasteiger partial charge in [-0.05, 0) is 54.9 Å². The fourth-order valence-electron chi connectivity index (χ4n) is 3.52. The van der Waals surface area contributed by atoms with Crippen LogP contribution in [-0.4, -0.2) is 40.3 Å². The molecule has 3 aromatic rings. The fraction of sp³-hybridized carbons (Fsp3) is 0.381. The molecule has 134 valence electrons. The van der Waals surface area contributed by atoms with E-state index < -0.39 is 0 Å². The number of Topliss-reactive ketones (excluding diaryl/α,β-unsaturated/α-hetero) is 1. The van der Waals surface area contributed by atoms with Gasteiger partial charge in [-0.15, -0.1) is 11.3 Å². The highest BCUT2D eigenvalue weighted by Crippen LogP contribution is 2.27. The van der Waals surface area contributed by atoms with E-state index in [1.54, 1.807) is 11.3 Å². The van der Waals surface area contributed by atoms with E-state index in [2.05, 4.69) is 46.1 Å². The van der Waals surface area contributed by atoms with Gasteiger partial charge in [-0.2, -0.15) is 0 Å². The minimum absolute atomic E-state index is 0.255. The van der Waals surface area contributed by atoms with Gasteiger partial charge in [0.25, 0.3) is 0 Å². The molecule has 0 bridgehead atoms. The van der Waals surface area contributed by atoms with Crippen LogP contribution in [0.4, 0.5) is 0 Å². The number of pyridine rings is 1. The van der Waals surface area contributed by atoms with E-state index in [0.717, 1.165) is 45.9 Å². The largest absolute Gasteiger partial charge is 0.298 e. The third-order valence-electron chi connectivity index (χ3n) is 5.15. The van der Waals surface area contributed by atoms with Crippen molar-refractivity contribution in [1.82, 2.24) is 14.9 Å². The summed E-state index contributed by atoms with van der Waals surface area (Å²) in [7, 11) is 0. The van der Waals surface area contributed by atoms with Crippen LogP contribution >= 0.6 is 11.3 Å². The number of aromatic nitrogens is 2. The molecule has 0 radical (unpaired) electrons. The van der Waals surface area contributed by atoms with E-state index in [-0.39, 0.29) is 5.78 Å². The van der Waals surface area contributed by atoms with Crippen molar-refractivity contribution < 1.29 is 4.79 Å². The first kappa shape index (κ1) is 17.3. The van der Waals surface area contributed by atoms with Crippen molar-refractivity contribution >= 4 is 27.9 Å².